The number of carboxylic acid groups (broad SMARTS) is 2. The molecular weight excluding hydrogens is 666 g/mol. The standard InChI is InChI=1S/C33H36F2N4O11/c1-3-26(39(48)18-40)24(8-6-19-5-7-22(34)14-25(19)35)31(45)36-17-37-32(46)28-10-9-27(50-28)20-11-21(13-23(12-20)49-4-2)33(47)38(15-29(41)42)16-30(43)44/h5,7,9-14,18,24,26,48H,3-4,6,8,15-17H2,1-2H3,(H,36,45)(H,37,46)(H,41,42)(H,43,44)/t24-,26-/m1/s1. The maximum absolute atomic E-state index is 14.2. The summed E-state index contributed by atoms with van der Waals surface area (Å²) in [5.41, 5.74) is 0.265. The van der Waals surface area contributed by atoms with Crippen molar-refractivity contribution in [3.05, 3.63) is 77.1 Å². The molecule has 0 unspecified atom stereocenters. The monoisotopic (exact) mass is 702 g/mol. The number of halogens is 2. The third kappa shape index (κ3) is 10.6. The van der Waals surface area contributed by atoms with Crippen LogP contribution in [0.4, 0.5) is 8.78 Å². The number of aliphatic carboxylic acids is 2. The molecule has 0 aliphatic rings. The van der Waals surface area contributed by atoms with E-state index in [1.165, 1.54) is 36.4 Å². The number of amides is 4. The number of ether oxygens (including phenoxy) is 1. The zero-order valence-electron chi connectivity index (χ0n) is 27.1. The van der Waals surface area contributed by atoms with Crippen molar-refractivity contribution >= 4 is 36.1 Å². The van der Waals surface area contributed by atoms with E-state index in [4.69, 9.17) is 19.4 Å². The number of hydrogen-bond acceptors (Lipinski definition) is 9. The van der Waals surface area contributed by atoms with E-state index in [0.717, 1.165) is 6.07 Å². The number of hydroxylamine groups is 2. The van der Waals surface area contributed by atoms with Crippen LogP contribution in [0.25, 0.3) is 11.3 Å². The Morgan fingerprint density at radius 3 is 2.26 bits per heavy atom. The molecule has 3 aromatic rings. The van der Waals surface area contributed by atoms with Gasteiger partial charge in [-0.2, -0.15) is 0 Å². The Bertz CT molecular complexity index is 1700. The molecule has 0 fully saturated rings. The van der Waals surface area contributed by atoms with E-state index in [9.17, 15) is 42.8 Å². The first-order chi connectivity index (χ1) is 23.8. The summed E-state index contributed by atoms with van der Waals surface area (Å²) in [6.07, 6.45) is 0.219. The van der Waals surface area contributed by atoms with Gasteiger partial charge in [-0.1, -0.05) is 13.0 Å². The topological polar surface area (TPSA) is 216 Å². The molecule has 2 atom stereocenters. The number of carboxylic acids is 2. The van der Waals surface area contributed by atoms with Gasteiger partial charge in [-0.25, -0.2) is 13.8 Å². The number of hydrogen-bond donors (Lipinski definition) is 5. The van der Waals surface area contributed by atoms with Crippen LogP contribution in [0.2, 0.25) is 0 Å². The van der Waals surface area contributed by atoms with E-state index in [-0.39, 0.29) is 66.2 Å². The molecule has 0 saturated heterocycles. The van der Waals surface area contributed by atoms with Gasteiger partial charge in [-0.05, 0) is 68.1 Å². The average molecular weight is 703 g/mol. The van der Waals surface area contributed by atoms with Crippen molar-refractivity contribution in [2.24, 2.45) is 5.92 Å². The smallest absolute Gasteiger partial charge is 0.323 e. The third-order valence-corrected chi connectivity index (χ3v) is 7.44. The van der Waals surface area contributed by atoms with Gasteiger partial charge in [0.1, 0.15) is 36.2 Å². The number of nitrogens with zero attached hydrogens (tertiary/aromatic N) is 2. The van der Waals surface area contributed by atoms with Gasteiger partial charge in [0, 0.05) is 17.2 Å². The summed E-state index contributed by atoms with van der Waals surface area (Å²) in [6, 6.07) is 8.83. The lowest BCUT2D eigenvalue weighted by Crippen LogP contribution is -2.47. The summed E-state index contributed by atoms with van der Waals surface area (Å²) < 4.78 is 38.7. The molecule has 0 radical (unpaired) electrons. The van der Waals surface area contributed by atoms with Crippen molar-refractivity contribution in [1.82, 2.24) is 20.6 Å². The Balaban J connectivity index is 1.74. The van der Waals surface area contributed by atoms with E-state index >= 15 is 0 Å². The fraction of sp³-hybridized carbons (Fsp3) is 0.333. The first-order valence-corrected chi connectivity index (χ1v) is 15.3. The highest BCUT2D eigenvalue weighted by molar-refractivity contribution is 5.99. The van der Waals surface area contributed by atoms with Crippen molar-refractivity contribution in [3.63, 3.8) is 0 Å². The quantitative estimate of drug-likeness (QED) is 0.0530. The van der Waals surface area contributed by atoms with E-state index in [2.05, 4.69) is 10.6 Å². The molecule has 0 spiro atoms. The number of benzene rings is 2. The van der Waals surface area contributed by atoms with Crippen LogP contribution in [0, 0.1) is 17.6 Å². The molecule has 1 aromatic heterocycles. The number of furan rings is 1. The summed E-state index contributed by atoms with van der Waals surface area (Å²) in [5, 5.41) is 33.7. The number of carbonyl (C=O) groups excluding carboxylic acids is 4. The van der Waals surface area contributed by atoms with Gasteiger partial charge in [0.25, 0.3) is 11.8 Å². The van der Waals surface area contributed by atoms with Gasteiger partial charge in [0.2, 0.25) is 12.3 Å². The molecule has 0 bridgehead atoms. The molecule has 3 rings (SSSR count). The molecule has 0 saturated carbocycles. The highest BCUT2D eigenvalue weighted by atomic mass is 19.1. The Labute approximate surface area is 284 Å². The highest BCUT2D eigenvalue weighted by Gasteiger charge is 2.31. The lowest BCUT2D eigenvalue weighted by molar-refractivity contribution is -0.168. The van der Waals surface area contributed by atoms with Crippen LogP contribution < -0.4 is 15.4 Å². The van der Waals surface area contributed by atoms with Crippen LogP contribution in [0.3, 0.4) is 0 Å². The molecule has 1 heterocycles. The molecule has 2 aromatic carbocycles. The number of rotatable bonds is 19. The molecule has 0 aliphatic carbocycles. The van der Waals surface area contributed by atoms with Crippen LogP contribution in [0.5, 0.6) is 5.75 Å². The van der Waals surface area contributed by atoms with Crippen molar-refractivity contribution in [1.29, 1.82) is 0 Å². The molecule has 0 aliphatic heterocycles. The second kappa shape index (κ2) is 18.1. The lowest BCUT2D eigenvalue weighted by Gasteiger charge is -2.29. The predicted molar refractivity (Wildman–Crippen MR) is 169 cm³/mol. The summed E-state index contributed by atoms with van der Waals surface area (Å²) in [7, 11) is 0. The first kappa shape index (κ1) is 38.6. The average Bonchev–Trinajstić information content (AvgIpc) is 3.57. The zero-order valence-corrected chi connectivity index (χ0v) is 27.1. The second-order valence-corrected chi connectivity index (χ2v) is 10.9. The van der Waals surface area contributed by atoms with Crippen molar-refractivity contribution in [2.45, 2.75) is 39.2 Å². The van der Waals surface area contributed by atoms with Gasteiger partial charge in [-0.15, -0.1) is 0 Å². The van der Waals surface area contributed by atoms with Gasteiger partial charge < -0.3 is 34.9 Å². The number of aryl methyl sites for hydroxylation is 1. The van der Waals surface area contributed by atoms with E-state index < -0.39 is 73.0 Å². The number of nitrogens with one attached hydrogen (secondary N) is 2. The fourth-order valence-electron chi connectivity index (χ4n) is 5.14. The summed E-state index contributed by atoms with van der Waals surface area (Å²) in [5.74, 6) is -7.76. The molecular formula is C33H36F2N4O11. The minimum Gasteiger partial charge on any atom is -0.494 e. The van der Waals surface area contributed by atoms with Gasteiger partial charge in [0.15, 0.2) is 5.76 Å². The molecule has 4 amide bonds. The Hall–Kier alpha value is -5.84. The third-order valence-electron chi connectivity index (χ3n) is 7.44. The first-order valence-electron chi connectivity index (χ1n) is 15.3. The van der Waals surface area contributed by atoms with E-state index in [1.54, 1.807) is 13.8 Å². The zero-order chi connectivity index (χ0) is 37.0. The maximum atomic E-state index is 14.2. The molecule has 5 N–H and O–H groups in total. The van der Waals surface area contributed by atoms with Crippen LogP contribution in [-0.4, -0.2) is 93.9 Å². The Kier molecular flexibility index (Phi) is 14.0. The largest absolute Gasteiger partial charge is 0.494 e. The minimum atomic E-state index is -1.42. The van der Waals surface area contributed by atoms with Crippen LogP contribution in [-0.2, 0) is 25.6 Å². The minimum absolute atomic E-state index is 0.0239. The SMILES string of the molecule is CCOc1cc(C(=O)N(CC(=O)O)CC(=O)O)cc(-c2ccc(C(=O)NCNC(=O)[C@H](CCc3ccc(F)cc3F)[C@@H](CC)N(O)C=O)o2)c1. The van der Waals surface area contributed by atoms with E-state index in [0.29, 0.717) is 16.0 Å². The summed E-state index contributed by atoms with van der Waals surface area (Å²) in [4.78, 5) is 73.5. The Morgan fingerprint density at radius 2 is 1.66 bits per heavy atom. The van der Waals surface area contributed by atoms with E-state index in [1.807, 2.05) is 0 Å². The van der Waals surface area contributed by atoms with Crippen LogP contribution >= 0.6 is 0 Å². The van der Waals surface area contributed by atoms with Gasteiger partial charge >= 0.3 is 11.9 Å². The summed E-state index contributed by atoms with van der Waals surface area (Å²) in [6.45, 7) is 1.33. The van der Waals surface area contributed by atoms with Crippen molar-refractivity contribution in [2.75, 3.05) is 26.4 Å². The normalized spacial score (nSPS) is 11.9. The van der Waals surface area contributed by atoms with Crippen molar-refractivity contribution in [3.8, 4) is 17.1 Å². The van der Waals surface area contributed by atoms with Crippen molar-refractivity contribution < 1.29 is 62.1 Å². The fourth-order valence-corrected chi connectivity index (χ4v) is 5.14. The molecule has 17 heteroatoms. The van der Waals surface area contributed by atoms with Crippen LogP contribution in [0.15, 0.2) is 52.9 Å². The van der Waals surface area contributed by atoms with Crippen LogP contribution in [0.1, 0.15) is 53.2 Å². The number of carbonyl (C=O) groups is 6. The van der Waals surface area contributed by atoms with Gasteiger partial charge in [-0.3, -0.25) is 34.0 Å². The lowest BCUT2D eigenvalue weighted by atomic mass is 9.89. The maximum Gasteiger partial charge on any atom is 0.323 e. The second-order valence-electron chi connectivity index (χ2n) is 10.9. The van der Waals surface area contributed by atoms with Gasteiger partial charge in [0.05, 0.1) is 25.2 Å². The summed E-state index contributed by atoms with van der Waals surface area (Å²) >= 11 is 0. The molecule has 268 valence electrons. The highest BCUT2D eigenvalue weighted by Crippen LogP contribution is 2.29. The molecule has 50 heavy (non-hydrogen) atoms. The Morgan fingerprint density at radius 1 is 0.960 bits per heavy atom. The predicted octanol–water partition coefficient (Wildman–Crippen LogP) is 2.91. The molecule has 15 nitrogen and oxygen atoms in total.